The van der Waals surface area contributed by atoms with Crippen molar-refractivity contribution in [3.63, 3.8) is 0 Å². The molecule has 1 nitrogen and oxygen atoms in total. The molecule has 0 unspecified atom stereocenters. The molecule has 13 heavy (non-hydrogen) atoms. The Bertz CT molecular complexity index is 149. The largest absolute Gasteiger partial charge is 0.401 e. The Morgan fingerprint density at radius 2 is 1.85 bits per heavy atom. The maximum Gasteiger partial charge on any atom is 0.401 e. The van der Waals surface area contributed by atoms with E-state index in [0.29, 0.717) is 5.92 Å². The first-order chi connectivity index (χ1) is 5.99. The van der Waals surface area contributed by atoms with Crippen LogP contribution in [0, 0.1) is 5.92 Å². The summed E-state index contributed by atoms with van der Waals surface area (Å²) in [5, 5.41) is 2.54. The van der Waals surface area contributed by atoms with Crippen molar-refractivity contribution in [3.05, 3.63) is 0 Å². The van der Waals surface area contributed by atoms with Gasteiger partial charge in [0, 0.05) is 6.04 Å². The Kier molecular flexibility index (Phi) is 3.59. The minimum Gasteiger partial charge on any atom is -0.306 e. The number of rotatable bonds is 3. The summed E-state index contributed by atoms with van der Waals surface area (Å²) in [6.45, 7) is 0.992. The monoisotopic (exact) mass is 195 g/mol. The van der Waals surface area contributed by atoms with Gasteiger partial charge in [-0.3, -0.25) is 0 Å². The normalized spacial score (nSPS) is 22.2. The maximum atomic E-state index is 11.8. The van der Waals surface area contributed by atoms with Crippen LogP contribution in [0.3, 0.4) is 0 Å². The van der Waals surface area contributed by atoms with Crippen LogP contribution in [-0.2, 0) is 0 Å². The van der Waals surface area contributed by atoms with Gasteiger partial charge in [-0.1, -0.05) is 12.8 Å². The van der Waals surface area contributed by atoms with Crippen molar-refractivity contribution < 1.29 is 13.2 Å². The van der Waals surface area contributed by atoms with Crippen molar-refractivity contribution in [3.8, 4) is 0 Å². The van der Waals surface area contributed by atoms with Gasteiger partial charge in [0.1, 0.15) is 0 Å². The van der Waals surface area contributed by atoms with Gasteiger partial charge in [0.05, 0.1) is 6.54 Å². The summed E-state index contributed by atoms with van der Waals surface area (Å²) < 4.78 is 35.5. The summed E-state index contributed by atoms with van der Waals surface area (Å²) >= 11 is 0. The number of hydrogen-bond donors (Lipinski definition) is 1. The second-order valence-electron chi connectivity index (χ2n) is 3.83. The Labute approximate surface area is 76.7 Å². The predicted octanol–water partition coefficient (Wildman–Crippen LogP) is 2.72. The SMILES string of the molecule is C[C@H](NCC(F)(F)F)C1CCCC1. The van der Waals surface area contributed by atoms with Crippen LogP contribution in [0.25, 0.3) is 0 Å². The van der Waals surface area contributed by atoms with Gasteiger partial charge in [-0.15, -0.1) is 0 Å². The molecular formula is C9H16F3N. The third-order valence-electron chi connectivity index (χ3n) is 2.73. The number of nitrogens with one attached hydrogen (secondary N) is 1. The van der Waals surface area contributed by atoms with E-state index in [2.05, 4.69) is 5.32 Å². The average Bonchev–Trinajstić information content (AvgIpc) is 2.50. The van der Waals surface area contributed by atoms with Crippen molar-refractivity contribution >= 4 is 0 Å². The van der Waals surface area contributed by atoms with Gasteiger partial charge in [-0.25, -0.2) is 0 Å². The fourth-order valence-electron chi connectivity index (χ4n) is 1.90. The lowest BCUT2D eigenvalue weighted by Crippen LogP contribution is -2.38. The van der Waals surface area contributed by atoms with Gasteiger partial charge >= 0.3 is 6.18 Å². The molecule has 4 heteroatoms. The fraction of sp³-hybridized carbons (Fsp3) is 1.00. The molecule has 0 aromatic carbocycles. The van der Waals surface area contributed by atoms with Gasteiger partial charge < -0.3 is 5.32 Å². The van der Waals surface area contributed by atoms with Crippen molar-refractivity contribution in [1.82, 2.24) is 5.32 Å². The van der Waals surface area contributed by atoms with Crippen molar-refractivity contribution in [1.29, 1.82) is 0 Å². The second kappa shape index (κ2) is 4.31. The van der Waals surface area contributed by atoms with Crippen molar-refractivity contribution in [2.24, 2.45) is 5.92 Å². The van der Waals surface area contributed by atoms with Gasteiger partial charge in [0.2, 0.25) is 0 Å². The molecule has 0 aliphatic heterocycles. The van der Waals surface area contributed by atoms with Crippen LogP contribution in [0.2, 0.25) is 0 Å². The van der Waals surface area contributed by atoms with Crippen molar-refractivity contribution in [2.75, 3.05) is 6.54 Å². The highest BCUT2D eigenvalue weighted by Crippen LogP contribution is 2.27. The van der Waals surface area contributed by atoms with E-state index in [1.165, 1.54) is 12.8 Å². The molecule has 0 aromatic heterocycles. The third kappa shape index (κ3) is 3.98. The smallest absolute Gasteiger partial charge is 0.306 e. The molecule has 0 amide bonds. The van der Waals surface area contributed by atoms with Gasteiger partial charge in [0.25, 0.3) is 0 Å². The van der Waals surface area contributed by atoms with Gasteiger partial charge in [0.15, 0.2) is 0 Å². The molecule has 1 aliphatic carbocycles. The molecule has 0 bridgehead atoms. The molecule has 78 valence electrons. The lowest BCUT2D eigenvalue weighted by molar-refractivity contribution is -0.126. The molecule has 0 spiro atoms. The quantitative estimate of drug-likeness (QED) is 0.730. The molecule has 1 N–H and O–H groups in total. The van der Waals surface area contributed by atoms with E-state index in [9.17, 15) is 13.2 Å². The zero-order valence-electron chi connectivity index (χ0n) is 7.82. The molecule has 1 saturated carbocycles. The maximum absolute atomic E-state index is 11.8. The first-order valence-corrected chi connectivity index (χ1v) is 4.79. The van der Waals surface area contributed by atoms with E-state index in [1.54, 1.807) is 0 Å². The van der Waals surface area contributed by atoms with E-state index in [1.807, 2.05) is 6.92 Å². The Morgan fingerprint density at radius 1 is 1.31 bits per heavy atom. The molecular weight excluding hydrogens is 179 g/mol. The molecule has 1 fully saturated rings. The second-order valence-corrected chi connectivity index (χ2v) is 3.83. The summed E-state index contributed by atoms with van der Waals surface area (Å²) in [5.74, 6) is 0.447. The summed E-state index contributed by atoms with van der Waals surface area (Å²) in [5.41, 5.74) is 0. The van der Waals surface area contributed by atoms with Crippen LogP contribution in [0.1, 0.15) is 32.6 Å². The summed E-state index contributed by atoms with van der Waals surface area (Å²) in [6, 6.07) is 0.00382. The highest BCUT2D eigenvalue weighted by atomic mass is 19.4. The molecule has 1 aliphatic rings. The van der Waals surface area contributed by atoms with E-state index in [-0.39, 0.29) is 6.04 Å². The Balaban J connectivity index is 2.20. The fourth-order valence-corrected chi connectivity index (χ4v) is 1.90. The number of hydrogen-bond acceptors (Lipinski definition) is 1. The van der Waals surface area contributed by atoms with Crippen LogP contribution in [0.5, 0.6) is 0 Å². The Hall–Kier alpha value is -0.250. The summed E-state index contributed by atoms with van der Waals surface area (Å²) in [4.78, 5) is 0. The summed E-state index contributed by atoms with van der Waals surface area (Å²) in [6.07, 6.45) is 0.413. The number of alkyl halides is 3. The number of halogens is 3. The highest BCUT2D eigenvalue weighted by Gasteiger charge is 2.29. The average molecular weight is 195 g/mol. The minimum absolute atomic E-state index is 0.00382. The lowest BCUT2D eigenvalue weighted by atomic mass is 10.00. The zero-order chi connectivity index (χ0) is 9.90. The first kappa shape index (κ1) is 10.8. The van der Waals surface area contributed by atoms with Crippen LogP contribution in [0.15, 0.2) is 0 Å². The molecule has 0 radical (unpaired) electrons. The van der Waals surface area contributed by atoms with Crippen molar-refractivity contribution in [2.45, 2.75) is 44.8 Å². The topological polar surface area (TPSA) is 12.0 Å². The standard InChI is InChI=1S/C9H16F3N/c1-7(8-4-2-3-5-8)13-6-9(10,11)12/h7-8,13H,2-6H2,1H3/t7-/m0/s1. The molecule has 0 heterocycles. The van der Waals surface area contributed by atoms with Gasteiger partial charge in [-0.2, -0.15) is 13.2 Å². The first-order valence-electron chi connectivity index (χ1n) is 4.79. The van der Waals surface area contributed by atoms with E-state index in [4.69, 9.17) is 0 Å². The van der Waals surface area contributed by atoms with Crippen LogP contribution in [0.4, 0.5) is 13.2 Å². The van der Waals surface area contributed by atoms with E-state index in [0.717, 1.165) is 12.8 Å². The molecule has 0 aromatic rings. The van der Waals surface area contributed by atoms with Gasteiger partial charge in [-0.05, 0) is 25.7 Å². The highest BCUT2D eigenvalue weighted by molar-refractivity contribution is 4.77. The van der Waals surface area contributed by atoms with Crippen LogP contribution in [-0.4, -0.2) is 18.8 Å². The molecule has 0 saturated heterocycles. The molecule has 1 atom stereocenters. The predicted molar refractivity (Wildman–Crippen MR) is 45.5 cm³/mol. The lowest BCUT2D eigenvalue weighted by Gasteiger charge is -2.21. The zero-order valence-corrected chi connectivity index (χ0v) is 7.82. The van der Waals surface area contributed by atoms with E-state index < -0.39 is 12.7 Å². The molecule has 1 rings (SSSR count). The minimum atomic E-state index is -4.08. The van der Waals surface area contributed by atoms with Crippen LogP contribution >= 0.6 is 0 Å². The van der Waals surface area contributed by atoms with Crippen LogP contribution < -0.4 is 5.32 Å². The van der Waals surface area contributed by atoms with E-state index >= 15 is 0 Å². The Morgan fingerprint density at radius 3 is 2.31 bits per heavy atom. The third-order valence-corrected chi connectivity index (χ3v) is 2.73. The summed E-state index contributed by atoms with van der Waals surface area (Å²) in [7, 11) is 0.